The molecule has 3 aromatic rings. The van der Waals surface area contributed by atoms with Crippen molar-refractivity contribution >= 4 is 15.9 Å². The van der Waals surface area contributed by atoms with Gasteiger partial charge in [0.25, 0.3) is 5.91 Å². The van der Waals surface area contributed by atoms with Crippen LogP contribution in [0, 0.1) is 5.82 Å². The molecule has 2 heterocycles. The van der Waals surface area contributed by atoms with Crippen molar-refractivity contribution in [3.63, 3.8) is 0 Å². The molecular weight excluding hydrogens is 423 g/mol. The third-order valence-electron chi connectivity index (χ3n) is 5.06. The standard InChI is InChI=1S/C21H21FN4O4S/c1-14(21-24-19(25-30-21)15-7-9-17(22)10-8-15)23-20(27)16-5-4-6-18(13-16)31(28,29)26-11-2-3-12-26/h4-10,13-14H,2-3,11-12H2,1H3,(H,23,27). The smallest absolute Gasteiger partial charge is 0.251 e. The molecule has 0 saturated carbocycles. The van der Waals surface area contributed by atoms with Crippen molar-refractivity contribution in [2.24, 2.45) is 0 Å². The Morgan fingerprint density at radius 3 is 2.58 bits per heavy atom. The van der Waals surface area contributed by atoms with Crippen LogP contribution in [0.4, 0.5) is 4.39 Å². The number of amides is 1. The van der Waals surface area contributed by atoms with Gasteiger partial charge < -0.3 is 9.84 Å². The molecule has 162 valence electrons. The van der Waals surface area contributed by atoms with Gasteiger partial charge in [-0.3, -0.25) is 4.79 Å². The second kappa shape index (κ2) is 8.56. The molecule has 0 radical (unpaired) electrons. The van der Waals surface area contributed by atoms with Crippen LogP contribution in [0.15, 0.2) is 57.9 Å². The maximum absolute atomic E-state index is 13.1. The SMILES string of the molecule is CC(NC(=O)c1cccc(S(=O)(=O)N2CCCC2)c1)c1nc(-c2ccc(F)cc2)no1. The van der Waals surface area contributed by atoms with E-state index in [0.717, 1.165) is 12.8 Å². The normalized spacial score (nSPS) is 15.7. The Balaban J connectivity index is 1.48. The number of hydrogen-bond donors (Lipinski definition) is 1. The zero-order valence-electron chi connectivity index (χ0n) is 16.8. The zero-order valence-corrected chi connectivity index (χ0v) is 17.6. The highest BCUT2D eigenvalue weighted by Crippen LogP contribution is 2.22. The van der Waals surface area contributed by atoms with Gasteiger partial charge in [-0.1, -0.05) is 11.2 Å². The molecule has 31 heavy (non-hydrogen) atoms. The summed E-state index contributed by atoms with van der Waals surface area (Å²) in [5.74, 6) is -0.391. The molecule has 0 aliphatic carbocycles. The largest absolute Gasteiger partial charge is 0.341 e. The topological polar surface area (TPSA) is 105 Å². The Morgan fingerprint density at radius 2 is 1.87 bits per heavy atom. The molecule has 1 saturated heterocycles. The lowest BCUT2D eigenvalue weighted by Crippen LogP contribution is -2.29. The van der Waals surface area contributed by atoms with E-state index < -0.39 is 22.0 Å². The molecule has 1 unspecified atom stereocenters. The number of sulfonamides is 1. The summed E-state index contributed by atoms with van der Waals surface area (Å²) < 4.78 is 45.2. The van der Waals surface area contributed by atoms with Crippen LogP contribution in [-0.2, 0) is 10.0 Å². The van der Waals surface area contributed by atoms with Crippen molar-refractivity contribution in [3.05, 3.63) is 65.8 Å². The van der Waals surface area contributed by atoms with Gasteiger partial charge in [0.1, 0.15) is 11.9 Å². The summed E-state index contributed by atoms with van der Waals surface area (Å²) in [6, 6.07) is 11.0. The first-order valence-electron chi connectivity index (χ1n) is 9.85. The molecular formula is C21H21FN4O4S. The summed E-state index contributed by atoms with van der Waals surface area (Å²) in [7, 11) is -3.62. The van der Waals surface area contributed by atoms with Gasteiger partial charge in [0, 0.05) is 24.2 Å². The van der Waals surface area contributed by atoms with E-state index in [1.54, 1.807) is 19.1 Å². The van der Waals surface area contributed by atoms with Crippen LogP contribution < -0.4 is 5.32 Å². The van der Waals surface area contributed by atoms with Crippen molar-refractivity contribution in [1.29, 1.82) is 0 Å². The first-order chi connectivity index (χ1) is 14.8. The van der Waals surface area contributed by atoms with Crippen molar-refractivity contribution in [2.75, 3.05) is 13.1 Å². The third kappa shape index (κ3) is 4.49. The van der Waals surface area contributed by atoms with E-state index in [0.29, 0.717) is 18.7 Å². The molecule has 1 fully saturated rings. The maximum atomic E-state index is 13.1. The highest BCUT2D eigenvalue weighted by atomic mass is 32.2. The predicted octanol–water partition coefficient (Wildman–Crippen LogP) is 3.15. The Bertz CT molecular complexity index is 1190. The Hall–Kier alpha value is -3.11. The molecule has 1 amide bonds. The quantitative estimate of drug-likeness (QED) is 0.626. The lowest BCUT2D eigenvalue weighted by Gasteiger charge is -2.16. The highest BCUT2D eigenvalue weighted by molar-refractivity contribution is 7.89. The highest BCUT2D eigenvalue weighted by Gasteiger charge is 2.28. The number of halogens is 1. The van der Waals surface area contributed by atoms with Gasteiger partial charge in [-0.05, 0) is 62.2 Å². The van der Waals surface area contributed by atoms with Crippen LogP contribution in [0.2, 0.25) is 0 Å². The maximum Gasteiger partial charge on any atom is 0.251 e. The number of nitrogens with one attached hydrogen (secondary N) is 1. The second-order valence-corrected chi connectivity index (χ2v) is 9.24. The fourth-order valence-corrected chi connectivity index (χ4v) is 4.91. The fraction of sp³-hybridized carbons (Fsp3) is 0.286. The van der Waals surface area contributed by atoms with Crippen molar-refractivity contribution in [1.82, 2.24) is 19.8 Å². The van der Waals surface area contributed by atoms with E-state index in [4.69, 9.17) is 4.52 Å². The van der Waals surface area contributed by atoms with Crippen LogP contribution in [0.1, 0.15) is 42.1 Å². The van der Waals surface area contributed by atoms with E-state index in [1.165, 1.54) is 40.7 Å². The molecule has 2 aromatic carbocycles. The van der Waals surface area contributed by atoms with Crippen molar-refractivity contribution < 1.29 is 22.1 Å². The molecule has 0 bridgehead atoms. The molecule has 10 heteroatoms. The van der Waals surface area contributed by atoms with E-state index in [2.05, 4.69) is 15.5 Å². The van der Waals surface area contributed by atoms with Crippen LogP contribution in [0.3, 0.4) is 0 Å². The molecule has 1 aromatic heterocycles. The second-order valence-electron chi connectivity index (χ2n) is 7.30. The molecule has 0 spiro atoms. The van der Waals surface area contributed by atoms with E-state index >= 15 is 0 Å². The molecule has 1 aliphatic rings. The van der Waals surface area contributed by atoms with Crippen molar-refractivity contribution in [3.8, 4) is 11.4 Å². The van der Waals surface area contributed by atoms with Crippen LogP contribution >= 0.6 is 0 Å². The molecule has 1 atom stereocenters. The van der Waals surface area contributed by atoms with Gasteiger partial charge >= 0.3 is 0 Å². The van der Waals surface area contributed by atoms with Gasteiger partial charge in [0.05, 0.1) is 4.90 Å². The van der Waals surface area contributed by atoms with Gasteiger partial charge in [0.15, 0.2) is 0 Å². The van der Waals surface area contributed by atoms with Gasteiger partial charge in [-0.25, -0.2) is 12.8 Å². The number of benzene rings is 2. The molecule has 4 rings (SSSR count). The molecule has 1 N–H and O–H groups in total. The third-order valence-corrected chi connectivity index (χ3v) is 6.96. The summed E-state index contributed by atoms with van der Waals surface area (Å²) in [5.41, 5.74) is 0.792. The summed E-state index contributed by atoms with van der Waals surface area (Å²) in [5, 5.41) is 6.59. The van der Waals surface area contributed by atoms with Crippen LogP contribution in [-0.4, -0.2) is 41.9 Å². The first-order valence-corrected chi connectivity index (χ1v) is 11.3. The molecule has 8 nitrogen and oxygen atoms in total. The van der Waals surface area contributed by atoms with Crippen LogP contribution in [0.5, 0.6) is 0 Å². The summed E-state index contributed by atoms with van der Waals surface area (Å²) in [6.45, 7) is 2.65. The predicted molar refractivity (Wildman–Crippen MR) is 110 cm³/mol. The summed E-state index contributed by atoms with van der Waals surface area (Å²) in [4.78, 5) is 17.0. The van der Waals surface area contributed by atoms with Gasteiger partial charge in [-0.2, -0.15) is 9.29 Å². The van der Waals surface area contributed by atoms with Crippen LogP contribution in [0.25, 0.3) is 11.4 Å². The average molecular weight is 444 g/mol. The minimum Gasteiger partial charge on any atom is -0.341 e. The Morgan fingerprint density at radius 1 is 1.16 bits per heavy atom. The minimum atomic E-state index is -3.62. The molecule has 1 aliphatic heterocycles. The van der Waals surface area contributed by atoms with E-state index in [1.807, 2.05) is 0 Å². The lowest BCUT2D eigenvalue weighted by molar-refractivity contribution is 0.0932. The number of carbonyl (C=O) groups excluding carboxylic acids is 1. The van der Waals surface area contributed by atoms with Gasteiger partial charge in [0.2, 0.25) is 21.7 Å². The fourth-order valence-electron chi connectivity index (χ4n) is 3.34. The van der Waals surface area contributed by atoms with E-state index in [9.17, 15) is 17.6 Å². The first kappa shape index (κ1) is 21.1. The number of carbonyl (C=O) groups is 1. The number of rotatable bonds is 6. The number of nitrogens with zero attached hydrogens (tertiary/aromatic N) is 3. The van der Waals surface area contributed by atoms with Gasteiger partial charge in [-0.15, -0.1) is 0 Å². The Labute approximate surface area is 179 Å². The average Bonchev–Trinajstić information content (AvgIpc) is 3.47. The summed E-state index contributed by atoms with van der Waals surface area (Å²) in [6.07, 6.45) is 1.67. The van der Waals surface area contributed by atoms with E-state index in [-0.39, 0.29) is 28.0 Å². The Kier molecular flexibility index (Phi) is 5.84. The monoisotopic (exact) mass is 444 g/mol. The summed E-state index contributed by atoms with van der Waals surface area (Å²) >= 11 is 0. The van der Waals surface area contributed by atoms with Crippen molar-refractivity contribution in [2.45, 2.75) is 30.7 Å². The zero-order chi connectivity index (χ0) is 22.0. The lowest BCUT2D eigenvalue weighted by atomic mass is 10.2. The number of hydrogen-bond acceptors (Lipinski definition) is 6. The minimum absolute atomic E-state index is 0.0890. The number of aromatic nitrogens is 2.